The van der Waals surface area contributed by atoms with Crippen LogP contribution in [0, 0.1) is 0 Å². The van der Waals surface area contributed by atoms with Gasteiger partial charge in [0.15, 0.2) is 5.76 Å². The van der Waals surface area contributed by atoms with Crippen LogP contribution < -0.4 is 5.32 Å². The molecule has 0 radical (unpaired) electrons. The SMILES string of the molecule is CCCCC(=O)Nc1ccc(-c2nnc(-c3ccco3)o2)cc1. The number of amides is 1. The Morgan fingerprint density at radius 3 is 2.61 bits per heavy atom. The van der Waals surface area contributed by atoms with Crippen molar-refractivity contribution < 1.29 is 13.6 Å². The monoisotopic (exact) mass is 311 g/mol. The molecule has 0 saturated heterocycles. The normalized spacial score (nSPS) is 10.7. The zero-order chi connectivity index (χ0) is 16.1. The maximum Gasteiger partial charge on any atom is 0.283 e. The first-order valence-electron chi connectivity index (χ1n) is 7.54. The fourth-order valence-electron chi connectivity index (χ4n) is 2.10. The number of carbonyl (C=O) groups is 1. The van der Waals surface area contributed by atoms with Crippen molar-refractivity contribution in [2.75, 3.05) is 5.32 Å². The minimum absolute atomic E-state index is 0.0255. The van der Waals surface area contributed by atoms with Crippen LogP contribution in [0.2, 0.25) is 0 Å². The van der Waals surface area contributed by atoms with Gasteiger partial charge in [0.25, 0.3) is 5.89 Å². The number of rotatable bonds is 6. The van der Waals surface area contributed by atoms with Crippen LogP contribution in [0.4, 0.5) is 5.69 Å². The second kappa shape index (κ2) is 6.91. The molecular formula is C17H17N3O3. The van der Waals surface area contributed by atoms with E-state index in [1.165, 1.54) is 0 Å². The van der Waals surface area contributed by atoms with E-state index in [0.29, 0.717) is 24.0 Å². The first-order chi connectivity index (χ1) is 11.3. The van der Waals surface area contributed by atoms with Gasteiger partial charge in [0.1, 0.15) is 0 Å². The minimum atomic E-state index is 0.0255. The van der Waals surface area contributed by atoms with E-state index in [0.717, 1.165) is 24.1 Å². The third-order valence-corrected chi connectivity index (χ3v) is 3.33. The standard InChI is InChI=1S/C17H17N3O3/c1-2-3-6-15(21)18-13-9-7-12(8-10-13)16-19-20-17(23-16)14-5-4-11-22-14/h4-5,7-11H,2-3,6H2,1H3,(H,18,21). The highest BCUT2D eigenvalue weighted by molar-refractivity contribution is 5.90. The molecule has 1 aromatic carbocycles. The number of nitrogens with one attached hydrogen (secondary N) is 1. The Hall–Kier alpha value is -2.89. The van der Waals surface area contributed by atoms with E-state index in [9.17, 15) is 4.79 Å². The van der Waals surface area contributed by atoms with E-state index < -0.39 is 0 Å². The smallest absolute Gasteiger partial charge is 0.283 e. The first-order valence-corrected chi connectivity index (χ1v) is 7.54. The van der Waals surface area contributed by atoms with E-state index >= 15 is 0 Å². The first kappa shape index (κ1) is 15.0. The van der Waals surface area contributed by atoms with Crippen molar-refractivity contribution >= 4 is 11.6 Å². The van der Waals surface area contributed by atoms with Crippen molar-refractivity contribution in [3.8, 4) is 23.1 Å². The highest BCUT2D eigenvalue weighted by Crippen LogP contribution is 2.25. The second-order valence-electron chi connectivity index (χ2n) is 5.12. The number of unbranched alkanes of at least 4 members (excludes halogenated alkanes) is 1. The molecule has 0 aliphatic rings. The number of hydrogen-bond donors (Lipinski definition) is 1. The summed E-state index contributed by atoms with van der Waals surface area (Å²) in [6.07, 6.45) is 3.98. The molecule has 0 unspecified atom stereocenters. The molecule has 0 bridgehead atoms. The molecule has 6 nitrogen and oxygen atoms in total. The maximum atomic E-state index is 11.7. The molecule has 0 atom stereocenters. The summed E-state index contributed by atoms with van der Waals surface area (Å²) < 4.78 is 10.8. The zero-order valence-electron chi connectivity index (χ0n) is 12.8. The lowest BCUT2D eigenvalue weighted by Crippen LogP contribution is -2.10. The summed E-state index contributed by atoms with van der Waals surface area (Å²) in [5.74, 6) is 1.29. The Balaban J connectivity index is 1.69. The lowest BCUT2D eigenvalue weighted by Gasteiger charge is -2.04. The second-order valence-corrected chi connectivity index (χ2v) is 5.12. The average Bonchev–Trinajstić information content (AvgIpc) is 3.24. The van der Waals surface area contributed by atoms with Gasteiger partial charge in [-0.1, -0.05) is 13.3 Å². The van der Waals surface area contributed by atoms with Gasteiger partial charge in [0, 0.05) is 17.7 Å². The molecule has 2 aromatic heterocycles. The van der Waals surface area contributed by atoms with Crippen LogP contribution in [0.25, 0.3) is 23.1 Å². The molecule has 118 valence electrons. The summed E-state index contributed by atoms with van der Waals surface area (Å²) in [5, 5.41) is 10.8. The number of nitrogens with zero attached hydrogens (tertiary/aromatic N) is 2. The number of aromatic nitrogens is 2. The molecule has 2 heterocycles. The predicted molar refractivity (Wildman–Crippen MR) is 85.6 cm³/mol. The number of carbonyl (C=O) groups excluding carboxylic acids is 1. The number of benzene rings is 1. The van der Waals surface area contributed by atoms with Gasteiger partial charge in [0.05, 0.1) is 6.26 Å². The minimum Gasteiger partial charge on any atom is -0.459 e. The highest BCUT2D eigenvalue weighted by atomic mass is 16.4. The summed E-state index contributed by atoms with van der Waals surface area (Å²) in [6, 6.07) is 10.8. The molecule has 1 N–H and O–H groups in total. The van der Waals surface area contributed by atoms with Gasteiger partial charge in [-0.15, -0.1) is 10.2 Å². The molecule has 6 heteroatoms. The Morgan fingerprint density at radius 1 is 1.13 bits per heavy atom. The fraction of sp³-hybridized carbons (Fsp3) is 0.235. The van der Waals surface area contributed by atoms with Crippen LogP contribution in [0.15, 0.2) is 51.5 Å². The average molecular weight is 311 g/mol. The zero-order valence-corrected chi connectivity index (χ0v) is 12.8. The van der Waals surface area contributed by atoms with E-state index in [-0.39, 0.29) is 5.91 Å². The fourth-order valence-corrected chi connectivity index (χ4v) is 2.10. The van der Waals surface area contributed by atoms with Crippen molar-refractivity contribution in [1.29, 1.82) is 0 Å². The van der Waals surface area contributed by atoms with Crippen LogP contribution in [0.1, 0.15) is 26.2 Å². The Morgan fingerprint density at radius 2 is 1.91 bits per heavy atom. The molecule has 0 saturated carbocycles. The van der Waals surface area contributed by atoms with Gasteiger partial charge in [-0.3, -0.25) is 4.79 Å². The molecule has 0 fully saturated rings. The maximum absolute atomic E-state index is 11.7. The lowest BCUT2D eigenvalue weighted by molar-refractivity contribution is -0.116. The third-order valence-electron chi connectivity index (χ3n) is 3.33. The summed E-state index contributed by atoms with van der Waals surface area (Å²) in [6.45, 7) is 2.06. The van der Waals surface area contributed by atoms with Crippen molar-refractivity contribution in [3.05, 3.63) is 42.7 Å². The van der Waals surface area contributed by atoms with Crippen molar-refractivity contribution in [2.45, 2.75) is 26.2 Å². The molecular weight excluding hydrogens is 294 g/mol. The summed E-state index contributed by atoms with van der Waals surface area (Å²) in [4.78, 5) is 11.7. The van der Waals surface area contributed by atoms with Gasteiger partial charge in [0.2, 0.25) is 11.8 Å². The molecule has 3 rings (SSSR count). The van der Waals surface area contributed by atoms with E-state index in [4.69, 9.17) is 8.83 Å². The lowest BCUT2D eigenvalue weighted by atomic mass is 10.2. The van der Waals surface area contributed by atoms with Gasteiger partial charge in [-0.05, 0) is 42.8 Å². The molecule has 0 aliphatic carbocycles. The van der Waals surface area contributed by atoms with E-state index in [1.54, 1.807) is 18.4 Å². The highest BCUT2D eigenvalue weighted by Gasteiger charge is 2.12. The number of hydrogen-bond acceptors (Lipinski definition) is 5. The largest absolute Gasteiger partial charge is 0.459 e. The number of furan rings is 1. The van der Waals surface area contributed by atoms with E-state index in [2.05, 4.69) is 22.4 Å². The number of anilines is 1. The molecule has 1 amide bonds. The van der Waals surface area contributed by atoms with Gasteiger partial charge in [-0.25, -0.2) is 0 Å². The van der Waals surface area contributed by atoms with E-state index in [1.807, 2.05) is 24.3 Å². The summed E-state index contributed by atoms with van der Waals surface area (Å²) in [5.41, 5.74) is 1.53. The predicted octanol–water partition coefficient (Wildman–Crippen LogP) is 4.13. The summed E-state index contributed by atoms with van der Waals surface area (Å²) >= 11 is 0. The Bertz CT molecular complexity index is 761. The van der Waals surface area contributed by atoms with Crippen molar-refractivity contribution in [2.24, 2.45) is 0 Å². The molecule has 23 heavy (non-hydrogen) atoms. The molecule has 0 spiro atoms. The van der Waals surface area contributed by atoms with Gasteiger partial charge in [-0.2, -0.15) is 0 Å². The third kappa shape index (κ3) is 3.66. The van der Waals surface area contributed by atoms with Crippen LogP contribution in [-0.4, -0.2) is 16.1 Å². The van der Waals surface area contributed by atoms with Gasteiger partial charge < -0.3 is 14.2 Å². The Kier molecular flexibility index (Phi) is 4.52. The Labute approximate surface area is 133 Å². The van der Waals surface area contributed by atoms with Crippen LogP contribution in [0.3, 0.4) is 0 Å². The van der Waals surface area contributed by atoms with Crippen molar-refractivity contribution in [1.82, 2.24) is 10.2 Å². The quantitative estimate of drug-likeness (QED) is 0.740. The van der Waals surface area contributed by atoms with Crippen LogP contribution in [-0.2, 0) is 4.79 Å². The van der Waals surface area contributed by atoms with Crippen LogP contribution >= 0.6 is 0 Å². The van der Waals surface area contributed by atoms with Crippen molar-refractivity contribution in [3.63, 3.8) is 0 Å². The van der Waals surface area contributed by atoms with Crippen LogP contribution in [0.5, 0.6) is 0 Å². The molecule has 0 aliphatic heterocycles. The topological polar surface area (TPSA) is 81.2 Å². The van der Waals surface area contributed by atoms with Gasteiger partial charge >= 0.3 is 0 Å². The summed E-state index contributed by atoms with van der Waals surface area (Å²) in [7, 11) is 0. The molecule has 3 aromatic rings.